The predicted molar refractivity (Wildman–Crippen MR) is 98.8 cm³/mol. The minimum absolute atomic E-state index is 0.0602. The molecule has 3 rings (SSSR count). The summed E-state index contributed by atoms with van der Waals surface area (Å²) in [5.41, 5.74) is 1.05. The second kappa shape index (κ2) is 8.48. The van der Waals surface area contributed by atoms with Gasteiger partial charge >= 0.3 is 6.03 Å². The molecule has 1 saturated heterocycles. The van der Waals surface area contributed by atoms with E-state index in [-0.39, 0.29) is 18.2 Å². The van der Waals surface area contributed by atoms with Crippen LogP contribution < -0.4 is 10.6 Å². The molecule has 8 nitrogen and oxygen atoms in total. The first-order chi connectivity index (χ1) is 13.0. The average Bonchev–Trinajstić information content (AvgIpc) is 3.17. The standard InChI is InChI=1S/C19H23N5O3/c1-14-20-8-11-23(14)12-9-21-17(25)13-16-18(26)24(19(27)22-16)10-7-15-5-3-2-4-6-15/h2-6,8,11,16H,7,9-10,12-13H2,1H3,(H,21,25)(H,22,27)/t16-/m0/s1. The number of hydrogen-bond donors (Lipinski definition) is 2. The zero-order valence-corrected chi connectivity index (χ0v) is 15.2. The van der Waals surface area contributed by atoms with Crippen molar-refractivity contribution in [3.63, 3.8) is 0 Å². The largest absolute Gasteiger partial charge is 0.354 e. The van der Waals surface area contributed by atoms with Gasteiger partial charge in [0.05, 0.1) is 6.42 Å². The van der Waals surface area contributed by atoms with Gasteiger partial charge in [-0.2, -0.15) is 0 Å². The molecule has 142 valence electrons. The van der Waals surface area contributed by atoms with Crippen LogP contribution in [0.15, 0.2) is 42.7 Å². The maximum atomic E-state index is 12.4. The lowest BCUT2D eigenvalue weighted by Gasteiger charge is -2.13. The SMILES string of the molecule is Cc1nccn1CCNC(=O)C[C@@H]1NC(=O)N(CCc2ccccc2)C1=O. The molecule has 0 aliphatic carbocycles. The summed E-state index contributed by atoms with van der Waals surface area (Å²) >= 11 is 0. The number of carbonyl (C=O) groups is 3. The highest BCUT2D eigenvalue weighted by atomic mass is 16.2. The highest BCUT2D eigenvalue weighted by Crippen LogP contribution is 2.11. The van der Waals surface area contributed by atoms with Gasteiger partial charge in [-0.25, -0.2) is 9.78 Å². The van der Waals surface area contributed by atoms with Crippen molar-refractivity contribution in [1.82, 2.24) is 25.1 Å². The summed E-state index contributed by atoms with van der Waals surface area (Å²) in [5.74, 6) is 0.254. The molecule has 0 unspecified atom stereocenters. The molecule has 2 heterocycles. The first kappa shape index (κ1) is 18.6. The molecule has 1 aliphatic heterocycles. The van der Waals surface area contributed by atoms with Crippen molar-refractivity contribution in [2.24, 2.45) is 0 Å². The molecule has 0 radical (unpaired) electrons. The smallest absolute Gasteiger partial charge is 0.324 e. The predicted octanol–water partition coefficient (Wildman–Crippen LogP) is 0.861. The molecule has 1 fully saturated rings. The minimum atomic E-state index is -0.803. The zero-order valence-electron chi connectivity index (χ0n) is 15.2. The fraction of sp³-hybridized carbons (Fsp3) is 0.368. The molecule has 1 aromatic carbocycles. The van der Waals surface area contributed by atoms with E-state index in [2.05, 4.69) is 15.6 Å². The second-order valence-corrected chi connectivity index (χ2v) is 6.45. The number of rotatable bonds is 8. The summed E-state index contributed by atoms with van der Waals surface area (Å²) in [6.45, 7) is 3.22. The van der Waals surface area contributed by atoms with Crippen molar-refractivity contribution in [3.05, 3.63) is 54.1 Å². The Bertz CT molecular complexity index is 818. The highest BCUT2D eigenvalue weighted by Gasteiger charge is 2.38. The van der Waals surface area contributed by atoms with E-state index < -0.39 is 12.1 Å². The number of imidazole rings is 1. The number of nitrogens with one attached hydrogen (secondary N) is 2. The molecule has 0 saturated carbocycles. The fourth-order valence-corrected chi connectivity index (χ4v) is 3.03. The quantitative estimate of drug-likeness (QED) is 0.675. The maximum Gasteiger partial charge on any atom is 0.324 e. The van der Waals surface area contributed by atoms with Crippen LogP contribution in [-0.4, -0.2) is 51.4 Å². The normalized spacial score (nSPS) is 16.5. The number of urea groups is 1. The maximum absolute atomic E-state index is 12.4. The minimum Gasteiger partial charge on any atom is -0.354 e. The van der Waals surface area contributed by atoms with Gasteiger partial charge in [0, 0.05) is 32.0 Å². The Hall–Kier alpha value is -3.16. The first-order valence-corrected chi connectivity index (χ1v) is 8.95. The summed E-state index contributed by atoms with van der Waals surface area (Å²) in [4.78, 5) is 41.9. The number of amides is 4. The van der Waals surface area contributed by atoms with Crippen molar-refractivity contribution in [3.8, 4) is 0 Å². The molecular weight excluding hydrogens is 346 g/mol. The molecule has 0 spiro atoms. The summed E-state index contributed by atoms with van der Waals surface area (Å²) in [6.07, 6.45) is 4.07. The van der Waals surface area contributed by atoms with E-state index in [0.29, 0.717) is 26.1 Å². The van der Waals surface area contributed by atoms with Crippen molar-refractivity contribution in [2.75, 3.05) is 13.1 Å². The topological polar surface area (TPSA) is 96.3 Å². The van der Waals surface area contributed by atoms with Crippen molar-refractivity contribution in [2.45, 2.75) is 32.4 Å². The van der Waals surface area contributed by atoms with Crippen LogP contribution in [0.1, 0.15) is 17.8 Å². The molecule has 1 atom stereocenters. The lowest BCUT2D eigenvalue weighted by Crippen LogP contribution is -2.37. The van der Waals surface area contributed by atoms with E-state index in [1.165, 1.54) is 4.90 Å². The van der Waals surface area contributed by atoms with E-state index in [1.54, 1.807) is 6.20 Å². The summed E-state index contributed by atoms with van der Waals surface area (Å²) in [6, 6.07) is 8.40. The van der Waals surface area contributed by atoms with Crippen LogP contribution in [-0.2, 0) is 22.6 Å². The number of benzene rings is 1. The number of imide groups is 1. The third kappa shape index (κ3) is 4.72. The fourth-order valence-electron chi connectivity index (χ4n) is 3.03. The monoisotopic (exact) mass is 369 g/mol. The van der Waals surface area contributed by atoms with E-state index in [0.717, 1.165) is 11.4 Å². The Morgan fingerprint density at radius 1 is 1.22 bits per heavy atom. The highest BCUT2D eigenvalue weighted by molar-refractivity contribution is 6.05. The van der Waals surface area contributed by atoms with Crippen molar-refractivity contribution < 1.29 is 14.4 Å². The summed E-state index contributed by atoms with van der Waals surface area (Å²) < 4.78 is 1.92. The van der Waals surface area contributed by atoms with E-state index in [9.17, 15) is 14.4 Å². The van der Waals surface area contributed by atoms with Gasteiger partial charge in [-0.1, -0.05) is 30.3 Å². The molecule has 8 heteroatoms. The van der Waals surface area contributed by atoms with Gasteiger partial charge in [-0.3, -0.25) is 14.5 Å². The number of hydrogen-bond acceptors (Lipinski definition) is 4. The summed E-state index contributed by atoms with van der Waals surface area (Å²) in [5, 5.41) is 5.37. The Balaban J connectivity index is 1.44. The van der Waals surface area contributed by atoms with E-state index in [4.69, 9.17) is 0 Å². The summed E-state index contributed by atoms with van der Waals surface area (Å²) in [7, 11) is 0. The van der Waals surface area contributed by atoms with Crippen LogP contribution >= 0.6 is 0 Å². The number of aromatic nitrogens is 2. The Morgan fingerprint density at radius 2 is 2.00 bits per heavy atom. The van der Waals surface area contributed by atoms with Crippen LogP contribution in [0.2, 0.25) is 0 Å². The average molecular weight is 369 g/mol. The van der Waals surface area contributed by atoms with Gasteiger partial charge in [0.1, 0.15) is 11.9 Å². The van der Waals surface area contributed by atoms with Gasteiger partial charge in [0.15, 0.2) is 0 Å². The van der Waals surface area contributed by atoms with Crippen LogP contribution in [0.25, 0.3) is 0 Å². The van der Waals surface area contributed by atoms with Crippen LogP contribution in [0.4, 0.5) is 4.79 Å². The molecule has 2 N–H and O–H groups in total. The van der Waals surface area contributed by atoms with Gasteiger partial charge in [-0.15, -0.1) is 0 Å². The molecule has 0 bridgehead atoms. The van der Waals surface area contributed by atoms with E-state index in [1.807, 2.05) is 48.0 Å². The number of nitrogens with zero attached hydrogens (tertiary/aromatic N) is 3. The van der Waals surface area contributed by atoms with Gasteiger partial charge in [0.25, 0.3) is 5.91 Å². The van der Waals surface area contributed by atoms with Crippen LogP contribution in [0.5, 0.6) is 0 Å². The van der Waals surface area contributed by atoms with Crippen molar-refractivity contribution in [1.29, 1.82) is 0 Å². The Labute approximate surface area is 157 Å². The number of carbonyl (C=O) groups excluding carboxylic acids is 3. The van der Waals surface area contributed by atoms with Crippen molar-refractivity contribution >= 4 is 17.8 Å². The molecule has 27 heavy (non-hydrogen) atoms. The molecule has 4 amide bonds. The zero-order chi connectivity index (χ0) is 19.2. The molecule has 2 aromatic rings. The molecular formula is C19H23N5O3. The molecule has 1 aromatic heterocycles. The Kier molecular flexibility index (Phi) is 5.85. The van der Waals surface area contributed by atoms with Gasteiger partial charge in [0.2, 0.25) is 5.91 Å². The Morgan fingerprint density at radius 3 is 2.70 bits per heavy atom. The van der Waals surface area contributed by atoms with E-state index >= 15 is 0 Å². The number of aryl methyl sites for hydroxylation is 1. The third-order valence-electron chi connectivity index (χ3n) is 4.56. The van der Waals surface area contributed by atoms with Crippen LogP contribution in [0.3, 0.4) is 0 Å². The lowest BCUT2D eigenvalue weighted by molar-refractivity contribution is -0.130. The van der Waals surface area contributed by atoms with Gasteiger partial charge in [-0.05, 0) is 18.9 Å². The second-order valence-electron chi connectivity index (χ2n) is 6.45. The lowest BCUT2D eigenvalue weighted by atomic mass is 10.1. The van der Waals surface area contributed by atoms with Gasteiger partial charge < -0.3 is 15.2 Å². The molecule has 1 aliphatic rings. The third-order valence-corrected chi connectivity index (χ3v) is 4.56. The van der Waals surface area contributed by atoms with Crippen LogP contribution in [0, 0.1) is 6.92 Å². The first-order valence-electron chi connectivity index (χ1n) is 8.95.